The minimum Gasteiger partial charge on any atom is -0.457 e. The quantitative estimate of drug-likeness (QED) is 0.561. The smallest absolute Gasteiger partial charge is 0.231 e. The van der Waals surface area contributed by atoms with Crippen molar-refractivity contribution in [2.24, 2.45) is 0 Å². The average Bonchev–Trinajstić information content (AvgIpc) is 3.16. The lowest BCUT2D eigenvalue weighted by molar-refractivity contribution is 0.174. The topological polar surface area (TPSA) is 65.5 Å². The van der Waals surface area contributed by atoms with E-state index in [1.807, 2.05) is 66.7 Å². The Hall–Kier alpha value is -3.80. The standard InChI is InChI=1S/C21H15N3O3/c1-2-4-15(5-3-1)27-16-8-6-14(7-9-16)24-21-17-10-19-20(26-13-25-19)11-18(17)22-12-23-21/h1-12H,13H2,(H,22,23,24). The molecule has 0 spiro atoms. The number of anilines is 2. The van der Waals surface area contributed by atoms with E-state index < -0.39 is 0 Å². The fourth-order valence-electron chi connectivity index (χ4n) is 2.91. The van der Waals surface area contributed by atoms with Crippen LogP contribution >= 0.6 is 0 Å². The number of hydrogen-bond donors (Lipinski definition) is 1. The molecule has 6 heteroatoms. The van der Waals surface area contributed by atoms with Gasteiger partial charge in [0, 0.05) is 17.1 Å². The number of hydrogen-bond acceptors (Lipinski definition) is 6. The highest BCUT2D eigenvalue weighted by Crippen LogP contribution is 2.37. The number of nitrogens with one attached hydrogen (secondary N) is 1. The molecule has 0 amide bonds. The third-order valence-corrected chi connectivity index (χ3v) is 4.23. The molecule has 1 aromatic heterocycles. The third kappa shape index (κ3) is 3.08. The summed E-state index contributed by atoms with van der Waals surface area (Å²) in [5.41, 5.74) is 1.69. The van der Waals surface area contributed by atoms with E-state index in [4.69, 9.17) is 14.2 Å². The van der Waals surface area contributed by atoms with E-state index in [0.29, 0.717) is 17.3 Å². The molecular formula is C21H15N3O3. The summed E-state index contributed by atoms with van der Waals surface area (Å²) in [5.74, 6) is 3.68. The predicted molar refractivity (Wildman–Crippen MR) is 102 cm³/mol. The minimum atomic E-state index is 0.227. The van der Waals surface area contributed by atoms with Crippen molar-refractivity contribution < 1.29 is 14.2 Å². The first-order valence-electron chi connectivity index (χ1n) is 8.49. The van der Waals surface area contributed by atoms with E-state index in [0.717, 1.165) is 28.1 Å². The van der Waals surface area contributed by atoms with Gasteiger partial charge >= 0.3 is 0 Å². The molecule has 0 unspecified atom stereocenters. The molecule has 1 N–H and O–H groups in total. The Morgan fingerprint density at radius 2 is 1.56 bits per heavy atom. The second kappa shape index (κ2) is 6.49. The van der Waals surface area contributed by atoms with Gasteiger partial charge < -0.3 is 19.5 Å². The summed E-state index contributed by atoms with van der Waals surface area (Å²) in [7, 11) is 0. The molecule has 2 heterocycles. The Bertz CT molecular complexity index is 1100. The first-order valence-corrected chi connectivity index (χ1v) is 8.49. The summed E-state index contributed by atoms with van der Waals surface area (Å²) in [6.07, 6.45) is 1.53. The number of benzene rings is 3. The van der Waals surface area contributed by atoms with Gasteiger partial charge in [-0.1, -0.05) is 18.2 Å². The second-order valence-corrected chi connectivity index (χ2v) is 6.01. The first-order chi connectivity index (χ1) is 13.3. The zero-order chi connectivity index (χ0) is 18.1. The van der Waals surface area contributed by atoms with Crippen molar-refractivity contribution in [3.05, 3.63) is 73.1 Å². The number of para-hydroxylation sites is 1. The highest BCUT2D eigenvalue weighted by atomic mass is 16.7. The number of nitrogens with zero attached hydrogens (tertiary/aromatic N) is 2. The fourth-order valence-corrected chi connectivity index (χ4v) is 2.91. The maximum atomic E-state index is 5.82. The first kappa shape index (κ1) is 15.5. The van der Waals surface area contributed by atoms with Gasteiger partial charge in [-0.05, 0) is 42.5 Å². The Kier molecular flexibility index (Phi) is 3.72. The van der Waals surface area contributed by atoms with Gasteiger partial charge in [0.15, 0.2) is 11.5 Å². The van der Waals surface area contributed by atoms with Crippen molar-refractivity contribution >= 4 is 22.4 Å². The van der Waals surface area contributed by atoms with E-state index in [9.17, 15) is 0 Å². The van der Waals surface area contributed by atoms with Crippen molar-refractivity contribution in [1.82, 2.24) is 9.97 Å². The van der Waals surface area contributed by atoms with Crippen LogP contribution in [0.4, 0.5) is 11.5 Å². The lowest BCUT2D eigenvalue weighted by Crippen LogP contribution is -1.96. The Morgan fingerprint density at radius 3 is 2.37 bits per heavy atom. The minimum absolute atomic E-state index is 0.227. The SMILES string of the molecule is c1ccc(Oc2ccc(Nc3ncnc4cc5c(cc34)OCO5)cc2)cc1. The molecule has 5 rings (SSSR count). The average molecular weight is 357 g/mol. The molecule has 0 atom stereocenters. The Labute approximate surface area is 155 Å². The molecule has 1 aliphatic heterocycles. The van der Waals surface area contributed by atoms with Crippen molar-refractivity contribution in [3.8, 4) is 23.0 Å². The summed E-state index contributed by atoms with van der Waals surface area (Å²) in [5, 5.41) is 4.19. The number of fused-ring (bicyclic) bond motifs is 2. The van der Waals surface area contributed by atoms with Gasteiger partial charge in [-0.25, -0.2) is 9.97 Å². The summed E-state index contributed by atoms with van der Waals surface area (Å²) in [4.78, 5) is 8.68. The van der Waals surface area contributed by atoms with Crippen LogP contribution in [0.1, 0.15) is 0 Å². The van der Waals surface area contributed by atoms with Gasteiger partial charge in [-0.3, -0.25) is 0 Å². The molecule has 0 radical (unpaired) electrons. The summed E-state index contributed by atoms with van der Waals surface area (Å²) < 4.78 is 16.7. The van der Waals surface area contributed by atoms with Crippen molar-refractivity contribution in [1.29, 1.82) is 0 Å². The summed E-state index contributed by atoms with van der Waals surface area (Å²) in [6.45, 7) is 0.227. The fraction of sp³-hybridized carbons (Fsp3) is 0.0476. The van der Waals surface area contributed by atoms with Crippen LogP contribution in [0.5, 0.6) is 23.0 Å². The van der Waals surface area contributed by atoms with Gasteiger partial charge in [0.05, 0.1) is 5.52 Å². The zero-order valence-corrected chi connectivity index (χ0v) is 14.3. The van der Waals surface area contributed by atoms with Gasteiger partial charge in [0.25, 0.3) is 0 Å². The number of rotatable bonds is 4. The van der Waals surface area contributed by atoms with Crippen molar-refractivity contribution in [2.75, 3.05) is 12.1 Å². The molecule has 3 aromatic carbocycles. The molecule has 0 fully saturated rings. The molecule has 0 bridgehead atoms. The van der Waals surface area contributed by atoms with E-state index in [1.54, 1.807) is 0 Å². The third-order valence-electron chi connectivity index (χ3n) is 4.23. The Morgan fingerprint density at radius 1 is 0.815 bits per heavy atom. The predicted octanol–water partition coefficient (Wildman–Crippen LogP) is 4.89. The highest BCUT2D eigenvalue weighted by molar-refractivity contribution is 5.93. The maximum Gasteiger partial charge on any atom is 0.231 e. The molecule has 27 heavy (non-hydrogen) atoms. The van der Waals surface area contributed by atoms with Crippen LogP contribution in [0.3, 0.4) is 0 Å². The molecule has 0 saturated carbocycles. The summed E-state index contributed by atoms with van der Waals surface area (Å²) in [6, 6.07) is 21.1. The Balaban J connectivity index is 1.40. The molecular weight excluding hydrogens is 342 g/mol. The molecule has 0 saturated heterocycles. The van der Waals surface area contributed by atoms with Crippen LogP contribution < -0.4 is 19.5 Å². The summed E-state index contributed by atoms with van der Waals surface area (Å²) >= 11 is 0. The largest absolute Gasteiger partial charge is 0.457 e. The molecule has 6 nitrogen and oxygen atoms in total. The number of aromatic nitrogens is 2. The molecule has 4 aromatic rings. The van der Waals surface area contributed by atoms with E-state index >= 15 is 0 Å². The molecule has 0 aliphatic carbocycles. The van der Waals surface area contributed by atoms with E-state index in [-0.39, 0.29) is 6.79 Å². The van der Waals surface area contributed by atoms with Crippen LogP contribution in [-0.2, 0) is 0 Å². The lowest BCUT2D eigenvalue weighted by Gasteiger charge is -2.10. The van der Waals surface area contributed by atoms with Gasteiger partial charge in [-0.2, -0.15) is 0 Å². The van der Waals surface area contributed by atoms with Gasteiger partial charge in [0.2, 0.25) is 6.79 Å². The maximum absolute atomic E-state index is 5.82. The second-order valence-electron chi connectivity index (χ2n) is 6.01. The lowest BCUT2D eigenvalue weighted by atomic mass is 10.2. The van der Waals surface area contributed by atoms with Crippen molar-refractivity contribution in [2.45, 2.75) is 0 Å². The van der Waals surface area contributed by atoms with Gasteiger partial charge in [-0.15, -0.1) is 0 Å². The van der Waals surface area contributed by atoms with E-state index in [2.05, 4.69) is 15.3 Å². The van der Waals surface area contributed by atoms with Crippen LogP contribution in [0, 0.1) is 0 Å². The zero-order valence-electron chi connectivity index (χ0n) is 14.3. The van der Waals surface area contributed by atoms with Crippen LogP contribution in [0.25, 0.3) is 10.9 Å². The monoisotopic (exact) mass is 357 g/mol. The molecule has 132 valence electrons. The number of ether oxygens (including phenoxy) is 3. The van der Waals surface area contributed by atoms with Crippen LogP contribution in [0.15, 0.2) is 73.1 Å². The van der Waals surface area contributed by atoms with Crippen LogP contribution in [0.2, 0.25) is 0 Å². The highest BCUT2D eigenvalue weighted by Gasteiger charge is 2.16. The van der Waals surface area contributed by atoms with Crippen LogP contribution in [-0.4, -0.2) is 16.8 Å². The van der Waals surface area contributed by atoms with E-state index in [1.165, 1.54) is 6.33 Å². The normalized spacial score (nSPS) is 12.1. The van der Waals surface area contributed by atoms with Crippen molar-refractivity contribution in [3.63, 3.8) is 0 Å². The van der Waals surface area contributed by atoms with Gasteiger partial charge in [0.1, 0.15) is 23.6 Å². The molecule has 1 aliphatic rings.